The van der Waals surface area contributed by atoms with E-state index in [1.807, 2.05) is 12.1 Å². The van der Waals surface area contributed by atoms with E-state index in [2.05, 4.69) is 6.92 Å². The number of amides is 1. The van der Waals surface area contributed by atoms with Crippen LogP contribution in [-0.4, -0.2) is 74.8 Å². The largest absolute Gasteiger partial charge is 0.493 e. The van der Waals surface area contributed by atoms with Crippen LogP contribution < -0.4 is 14.2 Å². The molecule has 1 unspecified atom stereocenters. The van der Waals surface area contributed by atoms with Crippen molar-refractivity contribution >= 4 is 12.1 Å². The van der Waals surface area contributed by atoms with Crippen molar-refractivity contribution in [3.8, 4) is 17.2 Å². The Labute approximate surface area is 219 Å². The number of carboxylic acids is 1. The number of carboxylic acid groups (broad SMARTS) is 1. The molecule has 2 aromatic carbocycles. The van der Waals surface area contributed by atoms with Gasteiger partial charge in [-0.15, -0.1) is 0 Å². The van der Waals surface area contributed by atoms with Crippen molar-refractivity contribution in [3.05, 3.63) is 54.1 Å². The molecule has 0 aliphatic heterocycles. The van der Waals surface area contributed by atoms with Gasteiger partial charge in [0, 0.05) is 26.2 Å². The van der Waals surface area contributed by atoms with Crippen LogP contribution in [-0.2, 0) is 20.7 Å². The summed E-state index contributed by atoms with van der Waals surface area (Å²) in [6.45, 7) is 6.17. The zero-order valence-corrected chi connectivity index (χ0v) is 22.0. The number of aliphatic carboxylic acids is 1. The summed E-state index contributed by atoms with van der Waals surface area (Å²) in [6, 6.07) is 14.1. The van der Waals surface area contributed by atoms with E-state index >= 15 is 0 Å². The zero-order valence-electron chi connectivity index (χ0n) is 22.0. The van der Waals surface area contributed by atoms with Crippen LogP contribution in [0.4, 0.5) is 4.79 Å². The number of benzene rings is 2. The van der Waals surface area contributed by atoms with E-state index in [0.717, 1.165) is 24.8 Å². The Balaban J connectivity index is 1.92. The second-order valence-corrected chi connectivity index (χ2v) is 8.30. The van der Waals surface area contributed by atoms with E-state index in [9.17, 15) is 14.7 Å². The standard InChI is InChI=1S/C28H39NO8/c1-4-6-9-18-34-19-16-29(28(32)37-25-11-8-7-10-24(25)33-3)17-20-36-23-14-12-22(13-15-23)21-26(27(30)31)35-5-2/h7-8,10-15,26H,4-6,9,16-21H2,1-3H3,(H,30,31). The number of carbonyl (C=O) groups is 2. The van der Waals surface area contributed by atoms with Gasteiger partial charge in [0.1, 0.15) is 12.4 Å². The van der Waals surface area contributed by atoms with Gasteiger partial charge in [-0.25, -0.2) is 9.59 Å². The van der Waals surface area contributed by atoms with E-state index in [-0.39, 0.29) is 13.0 Å². The van der Waals surface area contributed by atoms with E-state index in [0.29, 0.717) is 50.2 Å². The van der Waals surface area contributed by atoms with Gasteiger partial charge in [0.15, 0.2) is 17.6 Å². The molecule has 2 rings (SSSR count). The number of ether oxygens (including phenoxy) is 5. The highest BCUT2D eigenvalue weighted by Crippen LogP contribution is 2.26. The van der Waals surface area contributed by atoms with Gasteiger partial charge in [-0.3, -0.25) is 0 Å². The highest BCUT2D eigenvalue weighted by atomic mass is 16.6. The molecule has 0 saturated heterocycles. The van der Waals surface area contributed by atoms with E-state index in [1.54, 1.807) is 48.2 Å². The summed E-state index contributed by atoms with van der Waals surface area (Å²) in [4.78, 5) is 25.8. The molecule has 0 aliphatic carbocycles. The minimum atomic E-state index is -0.989. The molecule has 0 saturated carbocycles. The molecule has 0 radical (unpaired) electrons. The van der Waals surface area contributed by atoms with E-state index in [1.165, 1.54) is 7.11 Å². The lowest BCUT2D eigenvalue weighted by molar-refractivity contribution is -0.149. The second-order valence-electron chi connectivity index (χ2n) is 8.30. The minimum Gasteiger partial charge on any atom is -0.493 e. The highest BCUT2D eigenvalue weighted by molar-refractivity contribution is 5.73. The summed E-state index contributed by atoms with van der Waals surface area (Å²) in [5.74, 6) is 0.432. The molecule has 204 valence electrons. The summed E-state index contributed by atoms with van der Waals surface area (Å²) in [7, 11) is 1.52. The molecule has 9 nitrogen and oxygen atoms in total. The maximum Gasteiger partial charge on any atom is 0.415 e. The molecule has 37 heavy (non-hydrogen) atoms. The number of nitrogens with zero attached hydrogens (tertiary/aromatic N) is 1. The average molecular weight is 518 g/mol. The van der Waals surface area contributed by atoms with Gasteiger partial charge in [0.05, 0.1) is 20.3 Å². The smallest absolute Gasteiger partial charge is 0.415 e. The predicted molar refractivity (Wildman–Crippen MR) is 140 cm³/mol. The number of unbranched alkanes of at least 4 members (excludes halogenated alkanes) is 2. The van der Waals surface area contributed by atoms with Crippen LogP contribution in [0.2, 0.25) is 0 Å². The number of carbonyl (C=O) groups excluding carboxylic acids is 1. The molecular weight excluding hydrogens is 478 g/mol. The van der Waals surface area contributed by atoms with Gasteiger partial charge in [0.2, 0.25) is 0 Å². The summed E-state index contributed by atoms with van der Waals surface area (Å²) in [6.07, 6.45) is 2.07. The van der Waals surface area contributed by atoms with Crippen LogP contribution in [0.25, 0.3) is 0 Å². The first kappa shape index (κ1) is 29.9. The van der Waals surface area contributed by atoms with Crippen molar-refractivity contribution in [2.45, 2.75) is 45.6 Å². The Morgan fingerprint density at radius 2 is 1.62 bits per heavy atom. The molecule has 1 amide bonds. The van der Waals surface area contributed by atoms with Crippen LogP contribution in [0.15, 0.2) is 48.5 Å². The third-order valence-corrected chi connectivity index (χ3v) is 5.54. The average Bonchev–Trinajstić information content (AvgIpc) is 2.90. The number of rotatable bonds is 18. The van der Waals surface area contributed by atoms with Crippen LogP contribution >= 0.6 is 0 Å². The fourth-order valence-electron chi connectivity index (χ4n) is 3.52. The maximum absolute atomic E-state index is 12.9. The molecule has 0 aliphatic rings. The lowest BCUT2D eigenvalue weighted by Gasteiger charge is -2.22. The molecule has 0 bridgehead atoms. The Morgan fingerprint density at radius 1 is 0.919 bits per heavy atom. The fraction of sp³-hybridized carbons (Fsp3) is 0.500. The van der Waals surface area contributed by atoms with Gasteiger partial charge < -0.3 is 33.7 Å². The molecule has 0 aromatic heterocycles. The molecule has 0 heterocycles. The predicted octanol–water partition coefficient (Wildman–Crippen LogP) is 4.81. The van der Waals surface area contributed by atoms with Crippen molar-refractivity contribution in [1.29, 1.82) is 0 Å². The lowest BCUT2D eigenvalue weighted by atomic mass is 10.1. The Morgan fingerprint density at radius 3 is 2.27 bits per heavy atom. The van der Waals surface area contributed by atoms with Gasteiger partial charge in [-0.2, -0.15) is 0 Å². The Hall–Kier alpha value is -3.30. The van der Waals surface area contributed by atoms with Gasteiger partial charge in [-0.05, 0) is 43.2 Å². The van der Waals surface area contributed by atoms with Crippen LogP contribution in [0.5, 0.6) is 17.2 Å². The first-order chi connectivity index (χ1) is 18.0. The van der Waals surface area contributed by atoms with Gasteiger partial charge >= 0.3 is 12.1 Å². The number of hydrogen-bond acceptors (Lipinski definition) is 7. The summed E-state index contributed by atoms with van der Waals surface area (Å²) >= 11 is 0. The van der Waals surface area contributed by atoms with Crippen molar-refractivity contribution < 1.29 is 38.4 Å². The van der Waals surface area contributed by atoms with Crippen molar-refractivity contribution in [3.63, 3.8) is 0 Å². The molecule has 1 atom stereocenters. The SMILES string of the molecule is CCCCCOCCN(CCOc1ccc(CC(OCC)C(=O)O)cc1)C(=O)Oc1ccccc1OC. The van der Waals surface area contributed by atoms with Crippen LogP contribution in [0, 0.1) is 0 Å². The molecule has 9 heteroatoms. The first-order valence-electron chi connectivity index (χ1n) is 12.7. The van der Waals surface area contributed by atoms with Crippen LogP contribution in [0.1, 0.15) is 38.7 Å². The molecular formula is C28H39NO8. The van der Waals surface area contributed by atoms with Gasteiger partial charge in [-0.1, -0.05) is 44.0 Å². The second kappa shape index (κ2) is 17.2. The normalized spacial score (nSPS) is 11.5. The topological polar surface area (TPSA) is 104 Å². The molecule has 2 aromatic rings. The van der Waals surface area contributed by atoms with Crippen molar-refractivity contribution in [2.75, 3.05) is 46.6 Å². The summed E-state index contributed by atoms with van der Waals surface area (Å²) in [5, 5.41) is 9.26. The zero-order chi connectivity index (χ0) is 26.9. The highest BCUT2D eigenvalue weighted by Gasteiger charge is 2.19. The third-order valence-electron chi connectivity index (χ3n) is 5.54. The van der Waals surface area contributed by atoms with Gasteiger partial charge in [0.25, 0.3) is 0 Å². The van der Waals surface area contributed by atoms with E-state index in [4.69, 9.17) is 23.7 Å². The quantitative estimate of drug-likeness (QED) is 0.281. The lowest BCUT2D eigenvalue weighted by Crippen LogP contribution is -2.39. The molecule has 0 spiro atoms. The number of methoxy groups -OCH3 is 1. The summed E-state index contributed by atoms with van der Waals surface area (Å²) in [5.41, 5.74) is 0.829. The number of hydrogen-bond donors (Lipinski definition) is 1. The fourth-order valence-corrected chi connectivity index (χ4v) is 3.52. The first-order valence-corrected chi connectivity index (χ1v) is 12.7. The molecule has 0 fully saturated rings. The Bertz CT molecular complexity index is 934. The maximum atomic E-state index is 12.9. The van der Waals surface area contributed by atoms with E-state index < -0.39 is 18.2 Å². The molecule has 1 N–H and O–H groups in total. The number of para-hydroxylation sites is 2. The Kier molecular flexibility index (Phi) is 13.9. The summed E-state index contributed by atoms with van der Waals surface area (Å²) < 4.78 is 27.6. The van der Waals surface area contributed by atoms with Crippen molar-refractivity contribution in [1.82, 2.24) is 4.90 Å². The van der Waals surface area contributed by atoms with Crippen molar-refractivity contribution in [2.24, 2.45) is 0 Å². The monoisotopic (exact) mass is 517 g/mol. The minimum absolute atomic E-state index is 0.243. The van der Waals surface area contributed by atoms with Crippen LogP contribution in [0.3, 0.4) is 0 Å². The third kappa shape index (κ3) is 11.1.